The van der Waals surface area contributed by atoms with Crippen LogP contribution in [0.25, 0.3) is 0 Å². The number of carbonyl (C=O) groups is 1. The van der Waals surface area contributed by atoms with Crippen LogP contribution in [0.1, 0.15) is 43.7 Å². The summed E-state index contributed by atoms with van der Waals surface area (Å²) in [6.45, 7) is 4.22. The Bertz CT molecular complexity index is 316. The Hall–Kier alpha value is -0.820. The van der Waals surface area contributed by atoms with Gasteiger partial charge in [0.2, 0.25) is 5.24 Å². The van der Waals surface area contributed by atoms with E-state index in [-0.39, 0.29) is 11.2 Å². The zero-order valence-electron chi connectivity index (χ0n) is 9.29. The van der Waals surface area contributed by atoms with Crippen molar-refractivity contribution in [3.8, 4) is 0 Å². The van der Waals surface area contributed by atoms with E-state index in [9.17, 15) is 4.79 Å². The van der Waals surface area contributed by atoms with Gasteiger partial charge in [0, 0.05) is 6.42 Å². The summed E-state index contributed by atoms with van der Waals surface area (Å²) in [5, 5.41) is -0.249. The molecule has 0 spiro atoms. The number of carbonyl (C=O) groups excluding carboxylic acids is 1. The zero-order valence-corrected chi connectivity index (χ0v) is 10.1. The first-order chi connectivity index (χ1) is 7.17. The van der Waals surface area contributed by atoms with Gasteiger partial charge in [-0.15, -0.1) is 0 Å². The van der Waals surface area contributed by atoms with Gasteiger partial charge in [0.1, 0.15) is 0 Å². The predicted molar refractivity (Wildman–Crippen MR) is 64.3 cm³/mol. The van der Waals surface area contributed by atoms with Crippen LogP contribution in [0.3, 0.4) is 0 Å². The highest BCUT2D eigenvalue weighted by atomic mass is 35.5. The molecule has 1 atom stereocenters. The quantitative estimate of drug-likeness (QED) is 0.694. The maximum Gasteiger partial charge on any atom is 0.222 e. The lowest BCUT2D eigenvalue weighted by Gasteiger charge is -2.13. The van der Waals surface area contributed by atoms with Crippen LogP contribution in [0, 0.1) is 0 Å². The third kappa shape index (κ3) is 3.67. The summed E-state index contributed by atoms with van der Waals surface area (Å²) in [6, 6.07) is 8.45. The summed E-state index contributed by atoms with van der Waals surface area (Å²) in [5.41, 5.74) is 2.54. The maximum atomic E-state index is 10.9. The van der Waals surface area contributed by atoms with Gasteiger partial charge >= 0.3 is 0 Å². The molecule has 0 aromatic heterocycles. The molecule has 0 saturated carbocycles. The molecule has 0 fully saturated rings. The van der Waals surface area contributed by atoms with E-state index in [1.165, 1.54) is 11.1 Å². The molecule has 0 amide bonds. The molecule has 1 aromatic rings. The van der Waals surface area contributed by atoms with Crippen LogP contribution in [-0.2, 0) is 11.2 Å². The normalized spacial score (nSPS) is 12.5. The molecule has 1 nitrogen and oxygen atoms in total. The average molecular weight is 225 g/mol. The molecule has 82 valence electrons. The molecule has 15 heavy (non-hydrogen) atoms. The molecule has 2 heteroatoms. The summed E-state index contributed by atoms with van der Waals surface area (Å²) < 4.78 is 0. The minimum Gasteiger partial charge on any atom is -0.281 e. The second-order valence-electron chi connectivity index (χ2n) is 3.76. The predicted octanol–water partition coefficient (Wildman–Crippen LogP) is 3.90. The Morgan fingerprint density at radius 3 is 2.27 bits per heavy atom. The fourth-order valence-corrected chi connectivity index (χ4v) is 1.90. The van der Waals surface area contributed by atoms with Crippen LogP contribution in [0.15, 0.2) is 24.3 Å². The largest absolute Gasteiger partial charge is 0.281 e. The van der Waals surface area contributed by atoms with Gasteiger partial charge in [-0.05, 0) is 41.5 Å². The van der Waals surface area contributed by atoms with Crippen LogP contribution < -0.4 is 0 Å². The van der Waals surface area contributed by atoms with Gasteiger partial charge < -0.3 is 0 Å². The Kier molecular flexibility index (Phi) is 4.83. The van der Waals surface area contributed by atoms with Gasteiger partial charge in [0.15, 0.2) is 0 Å². The lowest BCUT2D eigenvalue weighted by molar-refractivity contribution is -0.112. The SMILES string of the molecule is CCc1ccc(C(CC)CC(=O)Cl)cc1. The second kappa shape index (κ2) is 5.92. The molecule has 1 aromatic carbocycles. The molecule has 0 bridgehead atoms. The van der Waals surface area contributed by atoms with Crippen molar-refractivity contribution in [2.45, 2.75) is 39.0 Å². The van der Waals surface area contributed by atoms with Crippen molar-refractivity contribution >= 4 is 16.8 Å². The minimum absolute atomic E-state index is 0.249. The van der Waals surface area contributed by atoms with Crippen LogP contribution >= 0.6 is 11.6 Å². The van der Waals surface area contributed by atoms with Crippen LogP contribution in [0.4, 0.5) is 0 Å². The molecule has 0 N–H and O–H groups in total. The molecule has 0 aliphatic carbocycles. The van der Waals surface area contributed by atoms with Gasteiger partial charge in [-0.2, -0.15) is 0 Å². The Labute approximate surface area is 96.5 Å². The van der Waals surface area contributed by atoms with Crippen LogP contribution in [0.2, 0.25) is 0 Å². The minimum atomic E-state index is -0.249. The van der Waals surface area contributed by atoms with Crippen LogP contribution in [0.5, 0.6) is 0 Å². The van der Waals surface area contributed by atoms with E-state index in [1.807, 2.05) is 0 Å². The highest BCUT2D eigenvalue weighted by Crippen LogP contribution is 2.24. The van der Waals surface area contributed by atoms with Crippen molar-refractivity contribution in [2.75, 3.05) is 0 Å². The third-order valence-corrected chi connectivity index (χ3v) is 2.91. The molecule has 0 aliphatic heterocycles. The van der Waals surface area contributed by atoms with Crippen molar-refractivity contribution in [1.82, 2.24) is 0 Å². The van der Waals surface area contributed by atoms with Crippen molar-refractivity contribution in [3.05, 3.63) is 35.4 Å². The van der Waals surface area contributed by atoms with E-state index in [4.69, 9.17) is 11.6 Å². The Balaban J connectivity index is 2.78. The number of rotatable bonds is 5. The van der Waals surface area contributed by atoms with Crippen molar-refractivity contribution < 1.29 is 4.79 Å². The number of hydrogen-bond donors (Lipinski definition) is 0. The van der Waals surface area contributed by atoms with Crippen molar-refractivity contribution in [2.24, 2.45) is 0 Å². The number of aryl methyl sites for hydroxylation is 1. The maximum absolute atomic E-state index is 10.9. The molecule has 0 radical (unpaired) electrons. The lowest BCUT2D eigenvalue weighted by Crippen LogP contribution is -2.01. The van der Waals surface area contributed by atoms with Crippen LogP contribution in [-0.4, -0.2) is 5.24 Å². The van der Waals surface area contributed by atoms with Crippen molar-refractivity contribution in [1.29, 1.82) is 0 Å². The molecule has 1 rings (SSSR count). The average Bonchev–Trinajstić information content (AvgIpc) is 2.26. The van der Waals surface area contributed by atoms with E-state index in [1.54, 1.807) is 0 Å². The summed E-state index contributed by atoms with van der Waals surface area (Å²) in [6.07, 6.45) is 2.43. The zero-order chi connectivity index (χ0) is 11.3. The molecular weight excluding hydrogens is 208 g/mol. The first-order valence-electron chi connectivity index (χ1n) is 5.44. The fraction of sp³-hybridized carbons (Fsp3) is 0.462. The monoisotopic (exact) mass is 224 g/mol. The second-order valence-corrected chi connectivity index (χ2v) is 4.18. The summed E-state index contributed by atoms with van der Waals surface area (Å²) in [7, 11) is 0. The van der Waals surface area contributed by atoms with Gasteiger partial charge in [-0.1, -0.05) is 38.1 Å². The van der Waals surface area contributed by atoms with Gasteiger partial charge in [0.05, 0.1) is 0 Å². The standard InChI is InChI=1S/C13H17ClO/c1-3-10-5-7-12(8-6-10)11(4-2)9-13(14)15/h5-8,11H,3-4,9H2,1-2H3. The molecule has 0 heterocycles. The molecular formula is C13H17ClO. The number of halogens is 1. The Morgan fingerprint density at radius 1 is 1.27 bits per heavy atom. The summed E-state index contributed by atoms with van der Waals surface area (Å²) >= 11 is 5.42. The van der Waals surface area contributed by atoms with Gasteiger partial charge in [-0.25, -0.2) is 0 Å². The number of hydrogen-bond acceptors (Lipinski definition) is 1. The Morgan fingerprint density at radius 2 is 1.87 bits per heavy atom. The van der Waals surface area contributed by atoms with E-state index in [0.29, 0.717) is 6.42 Å². The van der Waals surface area contributed by atoms with Gasteiger partial charge in [0.25, 0.3) is 0 Å². The fourth-order valence-electron chi connectivity index (χ4n) is 1.72. The van der Waals surface area contributed by atoms with E-state index >= 15 is 0 Å². The van der Waals surface area contributed by atoms with Gasteiger partial charge in [-0.3, -0.25) is 4.79 Å². The first kappa shape index (κ1) is 12.3. The third-order valence-electron chi connectivity index (χ3n) is 2.76. The molecule has 0 saturated heterocycles. The molecule has 1 unspecified atom stereocenters. The highest BCUT2D eigenvalue weighted by Gasteiger charge is 2.12. The first-order valence-corrected chi connectivity index (χ1v) is 5.82. The summed E-state index contributed by atoms with van der Waals surface area (Å²) in [5.74, 6) is 0.265. The van der Waals surface area contributed by atoms with E-state index in [2.05, 4.69) is 38.1 Å². The van der Waals surface area contributed by atoms with Crippen molar-refractivity contribution in [3.63, 3.8) is 0 Å². The number of benzene rings is 1. The summed E-state index contributed by atoms with van der Waals surface area (Å²) in [4.78, 5) is 10.9. The molecule has 0 aliphatic rings. The van der Waals surface area contributed by atoms with E-state index < -0.39 is 0 Å². The lowest BCUT2D eigenvalue weighted by atomic mass is 9.93. The topological polar surface area (TPSA) is 17.1 Å². The smallest absolute Gasteiger partial charge is 0.222 e. The highest BCUT2D eigenvalue weighted by molar-refractivity contribution is 6.63. The van der Waals surface area contributed by atoms with E-state index in [0.717, 1.165) is 12.8 Å².